The molecule has 5 aromatic carbocycles. The monoisotopic (exact) mass is 933 g/mol. The zero-order chi connectivity index (χ0) is 40.3. The van der Waals surface area contributed by atoms with Crippen LogP contribution in [-0.2, 0) is 39.4 Å². The number of nitrogens with zero attached hydrogens (tertiary/aromatic N) is 3. The molecule has 3 aliphatic rings. The van der Waals surface area contributed by atoms with E-state index in [1.165, 1.54) is 4.31 Å². The van der Waals surface area contributed by atoms with Gasteiger partial charge in [-0.15, -0.1) is 4.31 Å². The SMILES string of the molecule is CCO[C@H]1N(S(=O)(=O)c2ccc(C)cc2)[C@@H](N2c3ccc(Br)cc3[C@@]3(OCC)[C@@H](c4ccccc4)CN(S(=O)(=O)c4ccc(C)cc4)[C@@H]23)C[C@@]1(Br)c1ccccc1. The summed E-state index contributed by atoms with van der Waals surface area (Å²) in [6, 6.07) is 39.1. The van der Waals surface area contributed by atoms with Crippen molar-refractivity contribution in [2.24, 2.45) is 0 Å². The maximum Gasteiger partial charge on any atom is 0.247 e. The van der Waals surface area contributed by atoms with Gasteiger partial charge in [-0.05, 0) is 81.3 Å². The van der Waals surface area contributed by atoms with Crippen molar-refractivity contribution in [2.45, 2.75) is 78.3 Å². The van der Waals surface area contributed by atoms with Gasteiger partial charge in [-0.1, -0.05) is 128 Å². The highest BCUT2D eigenvalue weighted by Crippen LogP contribution is 2.63. The maximum absolute atomic E-state index is 15.4. The Bertz CT molecular complexity index is 2480. The van der Waals surface area contributed by atoms with E-state index in [2.05, 4.69) is 31.9 Å². The van der Waals surface area contributed by atoms with Gasteiger partial charge in [0.15, 0.2) is 0 Å². The standard InChI is InChI=1S/C44H45Br2N3O6S2/c1-5-54-42-43(46,33-15-11-8-12-16-33)28-40(49(42)57(52,53)36-24-19-31(4)20-25-36)48-39-26-21-34(45)27-37(39)44(55-6-2)38(32-13-9-7-10-14-32)29-47(41(44)48)56(50,51)35-22-17-30(3)18-23-35/h7-27,38,40-42H,5-6,28-29H2,1-4H3/t38-,40-,41+,42-,43-,44-/m1/s1. The third-order valence-corrected chi connectivity index (χ3v) is 16.9. The molecule has 13 heteroatoms. The second-order valence-corrected chi connectivity index (χ2v) is 21.0. The molecule has 3 aliphatic heterocycles. The lowest BCUT2D eigenvalue weighted by Gasteiger charge is -2.43. The molecule has 3 heterocycles. The van der Waals surface area contributed by atoms with E-state index < -0.39 is 54.4 Å². The van der Waals surface area contributed by atoms with Crippen LogP contribution in [0.5, 0.6) is 0 Å². The van der Waals surface area contributed by atoms with Crippen LogP contribution in [0.25, 0.3) is 0 Å². The first kappa shape index (κ1) is 40.4. The number of alkyl halides is 1. The van der Waals surface area contributed by atoms with Crippen LogP contribution < -0.4 is 4.90 Å². The number of fused-ring (bicyclic) bond motifs is 3. The number of hydrogen-bond acceptors (Lipinski definition) is 7. The molecule has 5 aromatic rings. The van der Waals surface area contributed by atoms with Crippen LogP contribution >= 0.6 is 31.9 Å². The van der Waals surface area contributed by atoms with Crippen LogP contribution in [-0.4, -0.2) is 63.8 Å². The van der Waals surface area contributed by atoms with Crippen molar-refractivity contribution in [1.29, 1.82) is 0 Å². The molecule has 0 aromatic heterocycles. The summed E-state index contributed by atoms with van der Waals surface area (Å²) in [6.07, 6.45) is -2.82. The summed E-state index contributed by atoms with van der Waals surface area (Å²) >= 11 is 7.85. The Balaban J connectivity index is 1.43. The van der Waals surface area contributed by atoms with Gasteiger partial charge in [-0.25, -0.2) is 16.8 Å². The summed E-state index contributed by atoms with van der Waals surface area (Å²) in [7, 11) is -8.54. The maximum atomic E-state index is 15.4. The molecule has 298 valence electrons. The number of halogens is 2. The Morgan fingerprint density at radius 2 is 1.32 bits per heavy atom. The minimum Gasteiger partial charge on any atom is -0.366 e. The van der Waals surface area contributed by atoms with Crippen LogP contribution in [0.15, 0.2) is 142 Å². The largest absolute Gasteiger partial charge is 0.366 e. The molecule has 0 spiro atoms. The molecule has 0 aliphatic carbocycles. The quantitative estimate of drug-likeness (QED) is 0.122. The van der Waals surface area contributed by atoms with Gasteiger partial charge in [0.1, 0.15) is 24.2 Å². The van der Waals surface area contributed by atoms with Crippen LogP contribution in [0.3, 0.4) is 0 Å². The fraction of sp³-hybridized carbons (Fsp3) is 0.318. The van der Waals surface area contributed by atoms with Gasteiger partial charge in [0.2, 0.25) is 20.0 Å². The number of rotatable bonds is 11. The Hall–Kier alpha value is -3.40. The van der Waals surface area contributed by atoms with Crippen molar-refractivity contribution in [1.82, 2.24) is 8.61 Å². The van der Waals surface area contributed by atoms with Crippen molar-refractivity contribution >= 4 is 57.6 Å². The molecule has 8 rings (SSSR count). The number of anilines is 1. The average Bonchev–Trinajstić information content (AvgIpc) is 3.80. The van der Waals surface area contributed by atoms with Crippen LogP contribution in [0.4, 0.5) is 5.69 Å². The highest BCUT2D eigenvalue weighted by atomic mass is 79.9. The van der Waals surface area contributed by atoms with Crippen LogP contribution in [0, 0.1) is 13.8 Å². The smallest absolute Gasteiger partial charge is 0.247 e. The van der Waals surface area contributed by atoms with Crippen molar-refractivity contribution in [3.05, 3.63) is 160 Å². The van der Waals surface area contributed by atoms with E-state index in [-0.39, 0.29) is 36.0 Å². The lowest BCUT2D eigenvalue weighted by Crippen LogP contribution is -2.60. The molecule has 57 heavy (non-hydrogen) atoms. The summed E-state index contributed by atoms with van der Waals surface area (Å²) in [6.45, 7) is 8.16. The van der Waals surface area contributed by atoms with Crippen LogP contribution in [0.2, 0.25) is 0 Å². The molecule has 0 unspecified atom stereocenters. The minimum absolute atomic E-state index is 0.0812. The third-order valence-electron chi connectivity index (χ3n) is 11.6. The predicted octanol–water partition coefficient (Wildman–Crippen LogP) is 9.01. The number of hydrogen-bond donors (Lipinski definition) is 0. The van der Waals surface area contributed by atoms with E-state index in [1.807, 2.05) is 111 Å². The molecule has 2 fully saturated rings. The fourth-order valence-corrected chi connectivity index (χ4v) is 13.8. The molecule has 0 radical (unpaired) electrons. The van der Waals surface area contributed by atoms with E-state index >= 15 is 16.8 Å². The molecule has 0 saturated carbocycles. The highest BCUT2D eigenvalue weighted by Gasteiger charge is 2.70. The van der Waals surface area contributed by atoms with Crippen molar-refractivity contribution in [3.8, 4) is 0 Å². The lowest BCUT2D eigenvalue weighted by molar-refractivity contribution is -0.0682. The number of sulfonamides is 2. The van der Waals surface area contributed by atoms with Crippen molar-refractivity contribution in [2.75, 3.05) is 24.7 Å². The van der Waals surface area contributed by atoms with Gasteiger partial charge in [-0.2, -0.15) is 4.31 Å². The van der Waals surface area contributed by atoms with Crippen LogP contribution in [0.1, 0.15) is 54.0 Å². The van der Waals surface area contributed by atoms with Gasteiger partial charge in [0.25, 0.3) is 0 Å². The van der Waals surface area contributed by atoms with Crippen molar-refractivity contribution in [3.63, 3.8) is 0 Å². The normalized spacial score (nSPS) is 26.5. The van der Waals surface area contributed by atoms with E-state index in [9.17, 15) is 0 Å². The van der Waals surface area contributed by atoms with E-state index in [1.54, 1.807) is 52.8 Å². The molecule has 2 saturated heterocycles. The van der Waals surface area contributed by atoms with Crippen molar-refractivity contribution < 1.29 is 26.3 Å². The summed E-state index contributed by atoms with van der Waals surface area (Å²) in [4.78, 5) is 2.25. The minimum atomic E-state index is -4.32. The highest BCUT2D eigenvalue weighted by molar-refractivity contribution is 9.10. The average molecular weight is 936 g/mol. The van der Waals surface area contributed by atoms with Gasteiger partial charge < -0.3 is 14.4 Å². The fourth-order valence-electron chi connectivity index (χ4n) is 9.08. The Labute approximate surface area is 353 Å². The third kappa shape index (κ3) is 6.53. The molecule has 9 nitrogen and oxygen atoms in total. The predicted molar refractivity (Wildman–Crippen MR) is 229 cm³/mol. The molecular weight excluding hydrogens is 890 g/mol. The molecule has 6 atom stereocenters. The van der Waals surface area contributed by atoms with E-state index in [0.717, 1.165) is 32.3 Å². The van der Waals surface area contributed by atoms with Gasteiger partial charge >= 0.3 is 0 Å². The summed E-state index contributed by atoms with van der Waals surface area (Å²) in [5.74, 6) is -0.476. The second kappa shape index (κ2) is 15.3. The molecule has 0 N–H and O–H groups in total. The van der Waals surface area contributed by atoms with E-state index in [4.69, 9.17) is 9.47 Å². The Kier molecular flexibility index (Phi) is 10.9. The van der Waals surface area contributed by atoms with Gasteiger partial charge in [-0.3, -0.25) is 0 Å². The summed E-state index contributed by atoms with van der Waals surface area (Å²) < 4.78 is 77.9. The van der Waals surface area contributed by atoms with E-state index in [0.29, 0.717) is 5.69 Å². The lowest BCUT2D eigenvalue weighted by atomic mass is 9.79. The topological polar surface area (TPSA) is 96.5 Å². The van der Waals surface area contributed by atoms with Gasteiger partial charge in [0.05, 0.1) is 14.1 Å². The first-order chi connectivity index (χ1) is 27.3. The zero-order valence-electron chi connectivity index (χ0n) is 32.1. The number of aryl methyl sites for hydroxylation is 2. The molecule has 0 bridgehead atoms. The second-order valence-electron chi connectivity index (χ2n) is 14.9. The summed E-state index contributed by atoms with van der Waals surface area (Å²) in [5, 5.41) is 0. The molecule has 0 amide bonds. The Morgan fingerprint density at radius 1 is 0.737 bits per heavy atom. The summed E-state index contributed by atoms with van der Waals surface area (Å²) in [5.41, 5.74) is 3.77. The Morgan fingerprint density at radius 3 is 1.89 bits per heavy atom. The van der Waals surface area contributed by atoms with Gasteiger partial charge in [0, 0.05) is 47.8 Å². The first-order valence-corrected chi connectivity index (χ1v) is 23.6. The first-order valence-electron chi connectivity index (χ1n) is 19.1. The zero-order valence-corrected chi connectivity index (χ0v) is 36.9. The number of benzene rings is 5. The number of ether oxygens (including phenoxy) is 2. The molecular formula is C44H45Br2N3O6S2.